The van der Waals surface area contributed by atoms with Gasteiger partial charge >= 0.3 is 0 Å². The number of imidazole rings is 1. The maximum absolute atomic E-state index is 8.99. The monoisotopic (exact) mass is 370 g/mol. The summed E-state index contributed by atoms with van der Waals surface area (Å²) >= 11 is 0. The van der Waals surface area contributed by atoms with E-state index in [4.69, 9.17) is 9.84 Å². The van der Waals surface area contributed by atoms with Crippen LogP contribution in [0.4, 0.5) is 0 Å². The number of benzene rings is 3. The number of rotatable bonds is 7. The Morgan fingerprint density at radius 2 is 1.46 bits per heavy atom. The standard InChI is InChI=1S/C24H22N2O2/c27-15-14-24-25-16-23(26-24)21-10-12-22(13-11-21)28-17-18-6-8-20(9-7-18)19-4-2-1-3-5-19/h1-13,16,27H,14-15,17H2,(H,25,26). The Labute approximate surface area is 164 Å². The van der Waals surface area contributed by atoms with E-state index in [2.05, 4.69) is 46.4 Å². The molecule has 4 aromatic rings. The van der Waals surface area contributed by atoms with Crippen LogP contribution in [0, 0.1) is 0 Å². The molecule has 0 saturated heterocycles. The lowest BCUT2D eigenvalue weighted by Gasteiger charge is -2.08. The van der Waals surface area contributed by atoms with Gasteiger partial charge in [0.15, 0.2) is 0 Å². The van der Waals surface area contributed by atoms with Crippen LogP contribution >= 0.6 is 0 Å². The number of aliphatic hydroxyl groups excluding tert-OH is 1. The minimum Gasteiger partial charge on any atom is -0.489 e. The van der Waals surface area contributed by atoms with E-state index < -0.39 is 0 Å². The molecule has 4 nitrogen and oxygen atoms in total. The second-order valence-corrected chi connectivity index (χ2v) is 6.59. The molecule has 0 saturated carbocycles. The maximum atomic E-state index is 8.99. The van der Waals surface area contributed by atoms with Crippen molar-refractivity contribution >= 4 is 0 Å². The number of hydrogen-bond acceptors (Lipinski definition) is 3. The molecule has 140 valence electrons. The van der Waals surface area contributed by atoms with Crippen molar-refractivity contribution in [3.05, 3.63) is 96.4 Å². The molecule has 0 aliphatic rings. The molecule has 0 fully saturated rings. The van der Waals surface area contributed by atoms with E-state index in [0.717, 1.165) is 28.4 Å². The van der Waals surface area contributed by atoms with E-state index in [1.165, 1.54) is 11.1 Å². The Hall–Kier alpha value is -3.37. The van der Waals surface area contributed by atoms with Gasteiger partial charge in [0.05, 0.1) is 18.5 Å². The van der Waals surface area contributed by atoms with Gasteiger partial charge in [0.25, 0.3) is 0 Å². The van der Waals surface area contributed by atoms with Crippen molar-refractivity contribution in [2.75, 3.05) is 6.61 Å². The number of H-pyrrole nitrogens is 1. The normalized spacial score (nSPS) is 10.8. The van der Waals surface area contributed by atoms with Gasteiger partial charge in [-0.2, -0.15) is 0 Å². The lowest BCUT2D eigenvalue weighted by Crippen LogP contribution is -1.95. The highest BCUT2D eigenvalue weighted by atomic mass is 16.5. The third kappa shape index (κ3) is 4.30. The van der Waals surface area contributed by atoms with Crippen molar-refractivity contribution in [2.24, 2.45) is 0 Å². The molecule has 28 heavy (non-hydrogen) atoms. The Kier molecular flexibility index (Phi) is 5.50. The summed E-state index contributed by atoms with van der Waals surface area (Å²) in [6, 6.07) is 26.7. The molecule has 0 aliphatic carbocycles. The molecule has 0 amide bonds. The molecule has 2 N–H and O–H groups in total. The van der Waals surface area contributed by atoms with Crippen LogP contribution in [-0.2, 0) is 13.0 Å². The number of ether oxygens (including phenoxy) is 1. The van der Waals surface area contributed by atoms with Crippen LogP contribution < -0.4 is 4.74 Å². The van der Waals surface area contributed by atoms with Crippen molar-refractivity contribution in [1.29, 1.82) is 0 Å². The number of nitrogens with zero attached hydrogens (tertiary/aromatic N) is 1. The lowest BCUT2D eigenvalue weighted by atomic mass is 10.0. The molecular weight excluding hydrogens is 348 g/mol. The van der Waals surface area contributed by atoms with Gasteiger partial charge in [0, 0.05) is 6.42 Å². The van der Waals surface area contributed by atoms with Gasteiger partial charge in [0.2, 0.25) is 0 Å². The quantitative estimate of drug-likeness (QED) is 0.488. The minimum absolute atomic E-state index is 0.0893. The van der Waals surface area contributed by atoms with E-state index in [1.54, 1.807) is 6.20 Å². The summed E-state index contributed by atoms with van der Waals surface area (Å²) in [7, 11) is 0. The van der Waals surface area contributed by atoms with Gasteiger partial charge in [0.1, 0.15) is 18.2 Å². The summed E-state index contributed by atoms with van der Waals surface area (Å²) < 4.78 is 5.91. The molecule has 4 rings (SSSR count). The van der Waals surface area contributed by atoms with E-state index in [0.29, 0.717) is 13.0 Å². The Morgan fingerprint density at radius 3 is 2.18 bits per heavy atom. The van der Waals surface area contributed by atoms with Gasteiger partial charge in [-0.15, -0.1) is 0 Å². The average molecular weight is 370 g/mol. The second kappa shape index (κ2) is 8.55. The van der Waals surface area contributed by atoms with Gasteiger partial charge in [-0.3, -0.25) is 0 Å². The van der Waals surface area contributed by atoms with Crippen LogP contribution in [0.2, 0.25) is 0 Å². The van der Waals surface area contributed by atoms with Crippen molar-refractivity contribution in [2.45, 2.75) is 13.0 Å². The minimum atomic E-state index is 0.0893. The zero-order valence-electron chi connectivity index (χ0n) is 15.5. The Morgan fingerprint density at radius 1 is 0.786 bits per heavy atom. The smallest absolute Gasteiger partial charge is 0.119 e. The fourth-order valence-corrected chi connectivity index (χ4v) is 3.06. The fourth-order valence-electron chi connectivity index (χ4n) is 3.06. The third-order valence-electron chi connectivity index (χ3n) is 4.61. The Balaban J connectivity index is 1.37. The zero-order chi connectivity index (χ0) is 19.2. The van der Waals surface area contributed by atoms with Crippen molar-refractivity contribution in [3.8, 4) is 28.1 Å². The summed E-state index contributed by atoms with van der Waals surface area (Å²) in [5, 5.41) is 8.99. The van der Waals surface area contributed by atoms with E-state index in [9.17, 15) is 0 Å². The number of aromatic amines is 1. The highest BCUT2D eigenvalue weighted by Gasteiger charge is 2.04. The predicted molar refractivity (Wildman–Crippen MR) is 111 cm³/mol. The molecule has 3 aromatic carbocycles. The number of nitrogens with one attached hydrogen (secondary N) is 1. The van der Waals surface area contributed by atoms with Gasteiger partial charge in [-0.1, -0.05) is 54.6 Å². The first-order valence-corrected chi connectivity index (χ1v) is 9.34. The highest BCUT2D eigenvalue weighted by Crippen LogP contribution is 2.23. The summed E-state index contributed by atoms with van der Waals surface area (Å²) in [5.74, 6) is 1.61. The average Bonchev–Trinajstić information content (AvgIpc) is 3.23. The van der Waals surface area contributed by atoms with Crippen LogP contribution in [0.25, 0.3) is 22.4 Å². The summed E-state index contributed by atoms with van der Waals surface area (Å²) in [6.45, 7) is 0.616. The van der Waals surface area contributed by atoms with Crippen molar-refractivity contribution < 1.29 is 9.84 Å². The first kappa shape index (κ1) is 18.0. The molecule has 1 aromatic heterocycles. The van der Waals surface area contributed by atoms with Crippen LogP contribution in [0.3, 0.4) is 0 Å². The molecule has 0 aliphatic heterocycles. The number of aromatic nitrogens is 2. The number of aliphatic hydroxyl groups is 1. The molecular formula is C24H22N2O2. The third-order valence-corrected chi connectivity index (χ3v) is 4.61. The summed E-state index contributed by atoms with van der Waals surface area (Å²) in [5.41, 5.74) is 5.52. The van der Waals surface area contributed by atoms with Crippen LogP contribution in [0.5, 0.6) is 5.75 Å². The topological polar surface area (TPSA) is 58.1 Å². The van der Waals surface area contributed by atoms with Crippen LogP contribution in [-0.4, -0.2) is 21.7 Å². The van der Waals surface area contributed by atoms with Gasteiger partial charge < -0.3 is 14.8 Å². The molecule has 0 bridgehead atoms. The molecule has 4 heteroatoms. The van der Waals surface area contributed by atoms with Gasteiger partial charge in [-0.25, -0.2) is 4.98 Å². The van der Waals surface area contributed by atoms with Crippen LogP contribution in [0.1, 0.15) is 11.4 Å². The van der Waals surface area contributed by atoms with E-state index in [1.807, 2.05) is 42.5 Å². The maximum Gasteiger partial charge on any atom is 0.119 e. The van der Waals surface area contributed by atoms with E-state index >= 15 is 0 Å². The largest absolute Gasteiger partial charge is 0.489 e. The summed E-state index contributed by atoms with van der Waals surface area (Å²) in [4.78, 5) is 7.48. The first-order valence-electron chi connectivity index (χ1n) is 9.34. The fraction of sp³-hybridized carbons (Fsp3) is 0.125. The first-order chi connectivity index (χ1) is 13.8. The predicted octanol–water partition coefficient (Wildman–Crippen LogP) is 4.86. The molecule has 0 unspecified atom stereocenters. The van der Waals surface area contributed by atoms with Crippen molar-refractivity contribution in [3.63, 3.8) is 0 Å². The molecule has 0 spiro atoms. The highest BCUT2D eigenvalue weighted by molar-refractivity contribution is 5.63. The van der Waals surface area contributed by atoms with Gasteiger partial charge in [-0.05, 0) is 46.5 Å². The molecule has 1 heterocycles. The second-order valence-electron chi connectivity index (χ2n) is 6.59. The molecule has 0 radical (unpaired) electrons. The molecule has 0 atom stereocenters. The summed E-state index contributed by atoms with van der Waals surface area (Å²) in [6.07, 6.45) is 2.32. The SMILES string of the molecule is OCCc1ncc(-c2ccc(OCc3ccc(-c4ccccc4)cc3)cc2)[nH]1. The van der Waals surface area contributed by atoms with Crippen molar-refractivity contribution in [1.82, 2.24) is 9.97 Å². The number of hydrogen-bond donors (Lipinski definition) is 2. The van der Waals surface area contributed by atoms with E-state index in [-0.39, 0.29) is 6.61 Å². The zero-order valence-corrected chi connectivity index (χ0v) is 15.5. The Bertz CT molecular complexity index is 1010. The van der Waals surface area contributed by atoms with Crippen LogP contribution in [0.15, 0.2) is 85.1 Å². The lowest BCUT2D eigenvalue weighted by molar-refractivity contribution is 0.297.